The van der Waals surface area contributed by atoms with Gasteiger partial charge in [0.2, 0.25) is 0 Å². The van der Waals surface area contributed by atoms with E-state index >= 15 is 0 Å². The molecule has 5 heteroatoms. The molecule has 1 aromatic heterocycles. The van der Waals surface area contributed by atoms with Crippen molar-refractivity contribution in [1.82, 2.24) is 25.2 Å². The van der Waals surface area contributed by atoms with Crippen molar-refractivity contribution in [3.63, 3.8) is 0 Å². The van der Waals surface area contributed by atoms with Gasteiger partial charge in [-0.25, -0.2) is 0 Å². The topological polar surface area (TPSA) is 46.0 Å². The smallest absolute Gasteiger partial charge is 0.0965 e. The minimum absolute atomic E-state index is 0.113. The standard InChI is InChI=1S/C15H27N5/c1-13-5-7-19(8-6-13)9-10-20-12-14(17-18-20)11-16-15(2,3)4/h5,12,16H,6-11H2,1-4H3. The third-order valence-corrected chi connectivity index (χ3v) is 3.55. The molecule has 1 N–H and O–H groups in total. The summed E-state index contributed by atoms with van der Waals surface area (Å²) in [4.78, 5) is 2.46. The van der Waals surface area contributed by atoms with Crippen LogP contribution in [0.4, 0.5) is 0 Å². The molecule has 2 rings (SSSR count). The fourth-order valence-corrected chi connectivity index (χ4v) is 2.14. The second-order valence-electron chi connectivity index (χ2n) is 6.68. The number of nitrogens with one attached hydrogen (secondary N) is 1. The Labute approximate surface area is 122 Å². The Balaban J connectivity index is 1.75. The zero-order chi connectivity index (χ0) is 14.6. The normalized spacial score (nSPS) is 17.3. The van der Waals surface area contributed by atoms with Crippen LogP contribution in [0.5, 0.6) is 0 Å². The van der Waals surface area contributed by atoms with Crippen molar-refractivity contribution in [2.45, 2.75) is 52.7 Å². The Morgan fingerprint density at radius 1 is 1.30 bits per heavy atom. The molecule has 0 unspecified atom stereocenters. The largest absolute Gasteiger partial charge is 0.306 e. The van der Waals surface area contributed by atoms with Crippen LogP contribution in [-0.4, -0.2) is 45.1 Å². The van der Waals surface area contributed by atoms with Gasteiger partial charge >= 0.3 is 0 Å². The molecule has 2 heterocycles. The van der Waals surface area contributed by atoms with Gasteiger partial charge in [0.25, 0.3) is 0 Å². The number of aromatic nitrogens is 3. The van der Waals surface area contributed by atoms with Crippen LogP contribution < -0.4 is 5.32 Å². The third kappa shape index (κ3) is 5.06. The molecule has 0 bridgehead atoms. The summed E-state index contributed by atoms with van der Waals surface area (Å²) in [5, 5.41) is 11.8. The van der Waals surface area contributed by atoms with Crippen LogP contribution in [0, 0.1) is 0 Å². The molecule has 20 heavy (non-hydrogen) atoms. The molecule has 0 fully saturated rings. The second kappa shape index (κ2) is 6.50. The Kier molecular flexibility index (Phi) is 4.94. The number of hydrogen-bond acceptors (Lipinski definition) is 4. The summed E-state index contributed by atoms with van der Waals surface area (Å²) in [5.74, 6) is 0. The van der Waals surface area contributed by atoms with Crippen molar-refractivity contribution < 1.29 is 0 Å². The minimum atomic E-state index is 0.113. The fourth-order valence-electron chi connectivity index (χ4n) is 2.14. The molecule has 0 aromatic carbocycles. The fraction of sp³-hybridized carbons (Fsp3) is 0.733. The van der Waals surface area contributed by atoms with Crippen LogP contribution in [0.25, 0.3) is 0 Å². The lowest BCUT2D eigenvalue weighted by atomic mass is 10.1. The Morgan fingerprint density at radius 3 is 2.75 bits per heavy atom. The summed E-state index contributed by atoms with van der Waals surface area (Å²) in [6.45, 7) is 13.6. The summed E-state index contributed by atoms with van der Waals surface area (Å²) in [7, 11) is 0. The van der Waals surface area contributed by atoms with Crippen LogP contribution in [0.2, 0.25) is 0 Å². The van der Waals surface area contributed by atoms with Crippen LogP contribution in [0.15, 0.2) is 17.8 Å². The lowest BCUT2D eigenvalue weighted by Crippen LogP contribution is -2.35. The lowest BCUT2D eigenvalue weighted by Gasteiger charge is -2.24. The quantitative estimate of drug-likeness (QED) is 0.834. The zero-order valence-corrected chi connectivity index (χ0v) is 13.2. The number of rotatable bonds is 5. The molecule has 1 aromatic rings. The van der Waals surface area contributed by atoms with Crippen molar-refractivity contribution in [2.24, 2.45) is 0 Å². The van der Waals surface area contributed by atoms with Crippen LogP contribution in [0.1, 0.15) is 39.8 Å². The van der Waals surface area contributed by atoms with E-state index in [0.29, 0.717) is 0 Å². The van der Waals surface area contributed by atoms with Gasteiger partial charge in [0.15, 0.2) is 0 Å². The average Bonchev–Trinajstić information content (AvgIpc) is 2.83. The summed E-state index contributed by atoms with van der Waals surface area (Å²) in [6.07, 6.45) is 5.56. The SMILES string of the molecule is CC1=CCN(CCn2cc(CNC(C)(C)C)nn2)CC1. The molecule has 1 aliphatic rings. The van der Waals surface area contributed by atoms with E-state index in [4.69, 9.17) is 0 Å². The highest BCUT2D eigenvalue weighted by atomic mass is 15.4. The first-order valence-electron chi connectivity index (χ1n) is 7.44. The molecule has 5 nitrogen and oxygen atoms in total. The molecule has 0 amide bonds. The van der Waals surface area contributed by atoms with Crippen LogP contribution in [0.3, 0.4) is 0 Å². The van der Waals surface area contributed by atoms with Crippen molar-refractivity contribution in [3.8, 4) is 0 Å². The Hall–Kier alpha value is -1.20. The van der Waals surface area contributed by atoms with Crippen LogP contribution in [-0.2, 0) is 13.1 Å². The molecular formula is C15H27N5. The predicted octanol–water partition coefficient (Wildman–Crippen LogP) is 1.82. The maximum Gasteiger partial charge on any atom is 0.0965 e. The minimum Gasteiger partial charge on any atom is -0.306 e. The second-order valence-corrected chi connectivity index (χ2v) is 6.68. The summed E-state index contributed by atoms with van der Waals surface area (Å²) >= 11 is 0. The predicted molar refractivity (Wildman–Crippen MR) is 81.4 cm³/mol. The van der Waals surface area contributed by atoms with Gasteiger partial charge in [-0.15, -0.1) is 5.10 Å². The van der Waals surface area contributed by atoms with E-state index in [1.165, 1.54) is 12.0 Å². The third-order valence-electron chi connectivity index (χ3n) is 3.55. The zero-order valence-electron chi connectivity index (χ0n) is 13.2. The molecule has 112 valence electrons. The highest BCUT2D eigenvalue weighted by Gasteiger charge is 2.11. The van der Waals surface area contributed by atoms with Gasteiger partial charge in [-0.1, -0.05) is 16.9 Å². The summed E-state index contributed by atoms with van der Waals surface area (Å²) in [6, 6.07) is 0. The monoisotopic (exact) mass is 277 g/mol. The first-order valence-corrected chi connectivity index (χ1v) is 7.44. The van der Waals surface area contributed by atoms with Gasteiger partial charge in [-0.2, -0.15) is 0 Å². The number of nitrogens with zero attached hydrogens (tertiary/aromatic N) is 4. The molecule has 0 saturated heterocycles. The van der Waals surface area contributed by atoms with Crippen molar-refractivity contribution in [1.29, 1.82) is 0 Å². The lowest BCUT2D eigenvalue weighted by molar-refractivity contribution is 0.276. The van der Waals surface area contributed by atoms with Crippen LogP contribution >= 0.6 is 0 Å². The van der Waals surface area contributed by atoms with Gasteiger partial charge in [-0.3, -0.25) is 9.58 Å². The Morgan fingerprint density at radius 2 is 2.10 bits per heavy atom. The van der Waals surface area contributed by atoms with Gasteiger partial charge in [0.1, 0.15) is 0 Å². The van der Waals surface area contributed by atoms with E-state index in [2.05, 4.69) is 54.3 Å². The maximum absolute atomic E-state index is 4.22. The highest BCUT2D eigenvalue weighted by Crippen LogP contribution is 2.09. The van der Waals surface area contributed by atoms with E-state index in [-0.39, 0.29) is 5.54 Å². The average molecular weight is 277 g/mol. The molecule has 0 spiro atoms. The van der Waals surface area contributed by atoms with Gasteiger partial charge < -0.3 is 5.32 Å². The highest BCUT2D eigenvalue weighted by molar-refractivity contribution is 5.03. The van der Waals surface area contributed by atoms with Gasteiger partial charge in [0, 0.05) is 37.9 Å². The first kappa shape index (κ1) is 15.2. The van der Waals surface area contributed by atoms with E-state index < -0.39 is 0 Å². The van der Waals surface area contributed by atoms with E-state index in [0.717, 1.165) is 38.4 Å². The molecule has 0 atom stereocenters. The van der Waals surface area contributed by atoms with Crippen molar-refractivity contribution >= 4 is 0 Å². The van der Waals surface area contributed by atoms with E-state index in [1.807, 2.05) is 10.9 Å². The summed E-state index contributed by atoms with van der Waals surface area (Å²) in [5.41, 5.74) is 2.63. The first-order chi connectivity index (χ1) is 9.42. The van der Waals surface area contributed by atoms with E-state index in [9.17, 15) is 0 Å². The maximum atomic E-state index is 4.22. The molecule has 0 aliphatic carbocycles. The van der Waals surface area contributed by atoms with Crippen molar-refractivity contribution in [2.75, 3.05) is 19.6 Å². The molecule has 0 saturated carbocycles. The van der Waals surface area contributed by atoms with Crippen molar-refractivity contribution in [3.05, 3.63) is 23.5 Å². The number of hydrogen-bond donors (Lipinski definition) is 1. The Bertz CT molecular complexity index is 455. The molecule has 1 aliphatic heterocycles. The molecule has 0 radical (unpaired) electrons. The molecular weight excluding hydrogens is 250 g/mol. The van der Waals surface area contributed by atoms with Gasteiger partial charge in [-0.05, 0) is 34.1 Å². The summed E-state index contributed by atoms with van der Waals surface area (Å²) < 4.78 is 1.95. The van der Waals surface area contributed by atoms with E-state index in [1.54, 1.807) is 0 Å². The van der Waals surface area contributed by atoms with Gasteiger partial charge in [0.05, 0.1) is 12.2 Å².